The first-order valence-corrected chi connectivity index (χ1v) is 9.94. The van der Waals surface area contributed by atoms with E-state index in [-0.39, 0.29) is 12.0 Å². The number of nitrogens with two attached hydrogens (primary N) is 1. The second-order valence-corrected chi connectivity index (χ2v) is 7.08. The van der Waals surface area contributed by atoms with Gasteiger partial charge in [-0.2, -0.15) is 0 Å². The molecule has 6 heteroatoms. The fourth-order valence-corrected chi connectivity index (χ4v) is 3.44. The molecule has 0 saturated carbocycles. The van der Waals surface area contributed by atoms with E-state index >= 15 is 0 Å². The van der Waals surface area contributed by atoms with E-state index in [1.807, 2.05) is 78.1 Å². The molecule has 0 bridgehead atoms. The molecule has 6 nitrogen and oxygen atoms in total. The summed E-state index contributed by atoms with van der Waals surface area (Å²) in [6.07, 6.45) is -0.143. The predicted octanol–water partition coefficient (Wildman–Crippen LogP) is 2.78. The molecule has 4 rings (SSSR count). The highest BCUT2D eigenvalue weighted by Crippen LogP contribution is 2.30. The standard InChI is InChI=1S/C24H24N2O4/c1-28-19-11-7-10-18(14-19)26-24(27)23(17-8-3-2-4-9-17)25-15-20-16-29-21-12-5-6-13-22(21)30-20/h2-14,20,23,25H,15-16H2,1H3,(H,26,27)/p+1/t20-,23-/m1/s1. The van der Waals surface area contributed by atoms with Crippen LogP contribution < -0.4 is 24.8 Å². The van der Waals surface area contributed by atoms with Gasteiger partial charge in [0.15, 0.2) is 23.6 Å². The molecule has 0 radical (unpaired) electrons. The number of anilines is 1. The van der Waals surface area contributed by atoms with Crippen molar-refractivity contribution in [1.82, 2.24) is 0 Å². The Kier molecular flexibility index (Phi) is 6.15. The van der Waals surface area contributed by atoms with Crippen molar-refractivity contribution in [2.75, 3.05) is 25.6 Å². The molecule has 0 spiro atoms. The second kappa shape index (κ2) is 9.33. The van der Waals surface area contributed by atoms with Gasteiger partial charge < -0.3 is 24.8 Å². The van der Waals surface area contributed by atoms with E-state index in [1.54, 1.807) is 13.2 Å². The van der Waals surface area contributed by atoms with Gasteiger partial charge in [0.2, 0.25) is 0 Å². The maximum atomic E-state index is 13.1. The number of para-hydroxylation sites is 2. The lowest BCUT2D eigenvalue weighted by molar-refractivity contribution is -0.687. The molecule has 3 aromatic carbocycles. The Bertz CT molecular complexity index is 993. The zero-order chi connectivity index (χ0) is 20.8. The molecule has 0 saturated heterocycles. The first-order chi connectivity index (χ1) is 14.7. The van der Waals surface area contributed by atoms with Crippen LogP contribution in [0.25, 0.3) is 0 Å². The number of benzene rings is 3. The number of rotatable bonds is 7. The Morgan fingerprint density at radius 2 is 1.83 bits per heavy atom. The fraction of sp³-hybridized carbons (Fsp3) is 0.208. The molecule has 1 amide bonds. The first kappa shape index (κ1) is 19.8. The third-order valence-corrected chi connectivity index (χ3v) is 4.98. The fourth-order valence-electron chi connectivity index (χ4n) is 3.44. The van der Waals surface area contributed by atoms with Gasteiger partial charge in [0.25, 0.3) is 5.91 Å². The van der Waals surface area contributed by atoms with Crippen molar-refractivity contribution in [3.8, 4) is 17.2 Å². The maximum Gasteiger partial charge on any atom is 0.287 e. The molecule has 30 heavy (non-hydrogen) atoms. The zero-order valence-corrected chi connectivity index (χ0v) is 16.8. The van der Waals surface area contributed by atoms with Gasteiger partial charge in [-0.05, 0) is 24.3 Å². The smallest absolute Gasteiger partial charge is 0.287 e. The molecule has 154 valence electrons. The molecule has 1 aliphatic rings. The van der Waals surface area contributed by atoms with Crippen LogP contribution in [0.2, 0.25) is 0 Å². The van der Waals surface area contributed by atoms with Crippen LogP contribution in [0.15, 0.2) is 78.9 Å². The second-order valence-electron chi connectivity index (χ2n) is 7.08. The lowest BCUT2D eigenvalue weighted by Crippen LogP contribution is -2.89. The topological polar surface area (TPSA) is 73.4 Å². The highest BCUT2D eigenvalue weighted by atomic mass is 16.6. The minimum Gasteiger partial charge on any atom is -0.497 e. The van der Waals surface area contributed by atoms with Gasteiger partial charge in [-0.15, -0.1) is 0 Å². The van der Waals surface area contributed by atoms with Gasteiger partial charge in [-0.1, -0.05) is 48.5 Å². The number of ether oxygens (including phenoxy) is 3. The van der Waals surface area contributed by atoms with Gasteiger partial charge in [0, 0.05) is 17.3 Å². The van der Waals surface area contributed by atoms with Gasteiger partial charge in [0.1, 0.15) is 18.9 Å². The van der Waals surface area contributed by atoms with Crippen LogP contribution in [0.5, 0.6) is 17.2 Å². The molecular formula is C24H25N2O4+. The van der Waals surface area contributed by atoms with E-state index in [9.17, 15) is 4.79 Å². The lowest BCUT2D eigenvalue weighted by atomic mass is 10.1. The third kappa shape index (κ3) is 4.72. The van der Waals surface area contributed by atoms with Crippen LogP contribution >= 0.6 is 0 Å². The van der Waals surface area contributed by atoms with E-state index in [0.29, 0.717) is 24.6 Å². The molecule has 3 N–H and O–H groups in total. The number of nitrogens with one attached hydrogen (secondary N) is 1. The Balaban J connectivity index is 1.46. The monoisotopic (exact) mass is 405 g/mol. The van der Waals surface area contributed by atoms with E-state index in [4.69, 9.17) is 14.2 Å². The molecule has 3 aromatic rings. The molecule has 1 aliphatic heterocycles. The number of amides is 1. The van der Waals surface area contributed by atoms with E-state index in [2.05, 4.69) is 5.32 Å². The number of methoxy groups -OCH3 is 1. The summed E-state index contributed by atoms with van der Waals surface area (Å²) in [5.41, 5.74) is 1.62. The molecule has 0 aromatic heterocycles. The van der Waals surface area contributed by atoms with Crippen LogP contribution in [0, 0.1) is 0 Å². The van der Waals surface area contributed by atoms with Crippen molar-refractivity contribution < 1.29 is 24.3 Å². The predicted molar refractivity (Wildman–Crippen MR) is 114 cm³/mol. The summed E-state index contributed by atoms with van der Waals surface area (Å²) in [4.78, 5) is 13.1. The largest absolute Gasteiger partial charge is 0.497 e. The summed E-state index contributed by atoms with van der Waals surface area (Å²) in [6.45, 7) is 1.03. The summed E-state index contributed by atoms with van der Waals surface area (Å²) in [6, 6.07) is 24.3. The van der Waals surface area contributed by atoms with E-state index < -0.39 is 6.04 Å². The summed E-state index contributed by atoms with van der Waals surface area (Å²) >= 11 is 0. The van der Waals surface area contributed by atoms with Crippen molar-refractivity contribution in [2.45, 2.75) is 12.1 Å². The summed E-state index contributed by atoms with van der Waals surface area (Å²) in [5.74, 6) is 2.08. The lowest BCUT2D eigenvalue weighted by Gasteiger charge is -2.26. The Labute approximate surface area is 175 Å². The summed E-state index contributed by atoms with van der Waals surface area (Å²) in [7, 11) is 1.60. The molecule has 0 unspecified atom stereocenters. The highest BCUT2D eigenvalue weighted by Gasteiger charge is 2.28. The Morgan fingerprint density at radius 3 is 2.63 bits per heavy atom. The maximum absolute atomic E-state index is 13.1. The summed E-state index contributed by atoms with van der Waals surface area (Å²) in [5, 5.41) is 4.99. The number of quaternary nitrogens is 1. The number of hydrogen-bond donors (Lipinski definition) is 2. The normalized spacial score (nSPS) is 15.8. The van der Waals surface area contributed by atoms with Crippen LogP contribution in [0.1, 0.15) is 11.6 Å². The average molecular weight is 405 g/mol. The molecular weight excluding hydrogens is 380 g/mol. The molecule has 0 aliphatic carbocycles. The minimum absolute atomic E-state index is 0.105. The van der Waals surface area contributed by atoms with Gasteiger partial charge in [-0.25, -0.2) is 0 Å². The number of carbonyl (C=O) groups is 1. The van der Waals surface area contributed by atoms with Crippen molar-refractivity contribution in [2.24, 2.45) is 0 Å². The van der Waals surface area contributed by atoms with Crippen molar-refractivity contribution >= 4 is 11.6 Å². The van der Waals surface area contributed by atoms with Crippen molar-refractivity contribution in [3.63, 3.8) is 0 Å². The minimum atomic E-state index is -0.418. The van der Waals surface area contributed by atoms with Gasteiger partial charge in [0.05, 0.1) is 7.11 Å². The van der Waals surface area contributed by atoms with Crippen LogP contribution in [-0.4, -0.2) is 32.3 Å². The van der Waals surface area contributed by atoms with Gasteiger partial charge in [-0.3, -0.25) is 4.79 Å². The quantitative estimate of drug-likeness (QED) is 0.634. The van der Waals surface area contributed by atoms with Crippen molar-refractivity contribution in [3.05, 3.63) is 84.4 Å². The number of carbonyl (C=O) groups excluding carboxylic acids is 1. The SMILES string of the molecule is COc1cccc(NC(=O)[C@H]([NH2+]C[C@@H]2COc3ccccc3O2)c2ccccc2)c1. The van der Waals surface area contributed by atoms with Crippen LogP contribution in [-0.2, 0) is 4.79 Å². The molecule has 2 atom stereocenters. The molecule has 1 heterocycles. The van der Waals surface area contributed by atoms with E-state index in [1.165, 1.54) is 0 Å². The summed E-state index contributed by atoms with van der Waals surface area (Å²) < 4.78 is 17.1. The van der Waals surface area contributed by atoms with Gasteiger partial charge >= 0.3 is 0 Å². The Hall–Kier alpha value is -3.51. The third-order valence-electron chi connectivity index (χ3n) is 4.98. The molecule has 0 fully saturated rings. The van der Waals surface area contributed by atoms with Crippen molar-refractivity contribution in [1.29, 1.82) is 0 Å². The number of fused-ring (bicyclic) bond motifs is 1. The average Bonchev–Trinajstić information content (AvgIpc) is 2.80. The van der Waals surface area contributed by atoms with Crippen LogP contribution in [0.4, 0.5) is 5.69 Å². The first-order valence-electron chi connectivity index (χ1n) is 9.94. The van der Waals surface area contributed by atoms with E-state index in [0.717, 1.165) is 17.1 Å². The highest BCUT2D eigenvalue weighted by molar-refractivity contribution is 5.94. The number of hydrogen-bond acceptors (Lipinski definition) is 4. The Morgan fingerprint density at radius 1 is 1.07 bits per heavy atom. The van der Waals surface area contributed by atoms with Crippen LogP contribution in [0.3, 0.4) is 0 Å². The zero-order valence-electron chi connectivity index (χ0n) is 16.8.